The van der Waals surface area contributed by atoms with Crippen molar-refractivity contribution in [2.24, 2.45) is 0 Å². The van der Waals surface area contributed by atoms with Gasteiger partial charge in [0.2, 0.25) is 0 Å². The fraction of sp³-hybridized carbons (Fsp3) is 0.417. The number of hydrogen-bond acceptors (Lipinski definition) is 4. The summed E-state index contributed by atoms with van der Waals surface area (Å²) in [5, 5.41) is 5.72. The van der Waals surface area contributed by atoms with E-state index in [0.29, 0.717) is 6.04 Å². The minimum Gasteiger partial charge on any atom is -0.309 e. The lowest BCUT2D eigenvalue weighted by atomic mass is 10.1. The van der Waals surface area contributed by atoms with E-state index in [2.05, 4.69) is 44.6 Å². The van der Waals surface area contributed by atoms with Gasteiger partial charge < -0.3 is 5.32 Å². The summed E-state index contributed by atoms with van der Waals surface area (Å²) >= 11 is 7.13. The SMILES string of the molecule is CCCNC(Cc1sccc1Br)c1cncs1. The van der Waals surface area contributed by atoms with Gasteiger partial charge in [0.15, 0.2) is 0 Å². The first-order valence-electron chi connectivity index (χ1n) is 5.65. The molecule has 1 unspecified atom stereocenters. The number of thiophene rings is 1. The molecule has 0 aliphatic carbocycles. The Hall–Kier alpha value is -0.230. The zero-order chi connectivity index (χ0) is 12.1. The van der Waals surface area contributed by atoms with E-state index in [4.69, 9.17) is 0 Å². The fourth-order valence-corrected chi connectivity index (χ4v) is 3.90. The van der Waals surface area contributed by atoms with Gasteiger partial charge in [-0.25, -0.2) is 0 Å². The quantitative estimate of drug-likeness (QED) is 0.856. The highest BCUT2D eigenvalue weighted by Gasteiger charge is 2.15. The van der Waals surface area contributed by atoms with Crippen LogP contribution in [0.5, 0.6) is 0 Å². The second-order valence-corrected chi connectivity index (χ2v) is 6.58. The van der Waals surface area contributed by atoms with Crippen LogP contribution in [0.25, 0.3) is 0 Å². The molecule has 0 saturated heterocycles. The molecule has 0 amide bonds. The molecule has 2 aromatic heterocycles. The lowest BCUT2D eigenvalue weighted by Crippen LogP contribution is -2.23. The topological polar surface area (TPSA) is 24.9 Å². The van der Waals surface area contributed by atoms with E-state index < -0.39 is 0 Å². The lowest BCUT2D eigenvalue weighted by Gasteiger charge is -2.16. The van der Waals surface area contributed by atoms with E-state index in [-0.39, 0.29) is 0 Å². The van der Waals surface area contributed by atoms with Crippen molar-refractivity contribution in [2.75, 3.05) is 6.54 Å². The molecule has 2 heterocycles. The molecule has 0 saturated carbocycles. The van der Waals surface area contributed by atoms with E-state index in [1.54, 1.807) is 22.7 Å². The van der Waals surface area contributed by atoms with Crippen molar-refractivity contribution in [3.05, 3.63) is 37.4 Å². The Morgan fingerprint density at radius 3 is 2.94 bits per heavy atom. The van der Waals surface area contributed by atoms with Gasteiger partial charge in [0, 0.05) is 32.9 Å². The van der Waals surface area contributed by atoms with Gasteiger partial charge in [0.05, 0.1) is 5.51 Å². The summed E-state index contributed by atoms with van der Waals surface area (Å²) in [6.45, 7) is 3.24. The summed E-state index contributed by atoms with van der Waals surface area (Å²) in [4.78, 5) is 6.89. The normalized spacial score (nSPS) is 12.8. The van der Waals surface area contributed by atoms with Crippen LogP contribution in [0.4, 0.5) is 0 Å². The molecular formula is C12H15BrN2S2. The summed E-state index contributed by atoms with van der Waals surface area (Å²) in [6, 6.07) is 2.50. The Kier molecular flexibility index (Phi) is 5.16. The maximum Gasteiger partial charge on any atom is 0.0794 e. The number of hydrogen-bond donors (Lipinski definition) is 1. The van der Waals surface area contributed by atoms with Crippen molar-refractivity contribution in [1.82, 2.24) is 10.3 Å². The third-order valence-corrected chi connectivity index (χ3v) is 5.35. The Bertz CT molecular complexity index is 439. The Balaban J connectivity index is 2.08. The first-order valence-corrected chi connectivity index (χ1v) is 8.20. The van der Waals surface area contributed by atoms with Crippen LogP contribution >= 0.6 is 38.6 Å². The van der Waals surface area contributed by atoms with Crippen molar-refractivity contribution in [3.8, 4) is 0 Å². The Morgan fingerprint density at radius 2 is 2.35 bits per heavy atom. The lowest BCUT2D eigenvalue weighted by molar-refractivity contribution is 0.538. The molecule has 0 aliphatic heterocycles. The van der Waals surface area contributed by atoms with Crippen molar-refractivity contribution in [3.63, 3.8) is 0 Å². The zero-order valence-corrected chi connectivity index (χ0v) is 12.9. The van der Waals surface area contributed by atoms with Gasteiger partial charge >= 0.3 is 0 Å². The monoisotopic (exact) mass is 330 g/mol. The van der Waals surface area contributed by atoms with Gasteiger partial charge in [0.25, 0.3) is 0 Å². The summed E-state index contributed by atoms with van der Waals surface area (Å²) in [5.74, 6) is 0. The maximum absolute atomic E-state index is 4.17. The number of nitrogens with zero attached hydrogens (tertiary/aromatic N) is 1. The number of halogens is 1. The van der Waals surface area contributed by atoms with E-state index in [1.165, 1.54) is 14.2 Å². The maximum atomic E-state index is 4.17. The summed E-state index contributed by atoms with van der Waals surface area (Å²) in [5.41, 5.74) is 1.90. The first kappa shape index (κ1) is 13.2. The summed E-state index contributed by atoms with van der Waals surface area (Å²) in [7, 11) is 0. The molecule has 2 aromatic rings. The predicted octanol–water partition coefficient (Wildman–Crippen LogP) is 4.25. The third kappa shape index (κ3) is 3.61. The van der Waals surface area contributed by atoms with Crippen LogP contribution in [0, 0.1) is 0 Å². The van der Waals surface area contributed by atoms with Gasteiger partial charge in [0.1, 0.15) is 0 Å². The van der Waals surface area contributed by atoms with Crippen LogP contribution in [-0.4, -0.2) is 11.5 Å². The van der Waals surface area contributed by atoms with E-state index in [9.17, 15) is 0 Å². The second-order valence-electron chi connectivity index (χ2n) is 3.81. The van der Waals surface area contributed by atoms with Crippen molar-refractivity contribution in [2.45, 2.75) is 25.8 Å². The molecule has 0 fully saturated rings. The molecule has 17 heavy (non-hydrogen) atoms. The standard InChI is InChI=1S/C12H15BrN2S2/c1-2-4-15-10(12-7-14-8-17-12)6-11-9(13)3-5-16-11/h3,5,7-8,10,15H,2,4,6H2,1H3. The van der Waals surface area contributed by atoms with E-state index >= 15 is 0 Å². The summed E-state index contributed by atoms with van der Waals surface area (Å²) < 4.78 is 1.22. The number of nitrogens with one attached hydrogen (secondary N) is 1. The van der Waals surface area contributed by atoms with Crippen molar-refractivity contribution >= 4 is 38.6 Å². The molecule has 0 bridgehead atoms. The molecule has 0 aromatic carbocycles. The number of aromatic nitrogens is 1. The predicted molar refractivity (Wildman–Crippen MR) is 78.9 cm³/mol. The fourth-order valence-electron chi connectivity index (χ4n) is 1.65. The van der Waals surface area contributed by atoms with Gasteiger partial charge in [-0.3, -0.25) is 4.98 Å². The zero-order valence-electron chi connectivity index (χ0n) is 9.65. The molecule has 5 heteroatoms. The van der Waals surface area contributed by atoms with E-state index in [0.717, 1.165) is 19.4 Å². The van der Waals surface area contributed by atoms with Crippen LogP contribution in [0.3, 0.4) is 0 Å². The van der Waals surface area contributed by atoms with E-state index in [1.807, 2.05) is 11.7 Å². The van der Waals surface area contributed by atoms with Crippen LogP contribution in [-0.2, 0) is 6.42 Å². The average molecular weight is 331 g/mol. The highest BCUT2D eigenvalue weighted by Crippen LogP contribution is 2.29. The average Bonchev–Trinajstić information content (AvgIpc) is 2.96. The minimum atomic E-state index is 0.386. The van der Waals surface area contributed by atoms with Gasteiger partial charge in [-0.15, -0.1) is 22.7 Å². The largest absolute Gasteiger partial charge is 0.309 e. The van der Waals surface area contributed by atoms with Crippen LogP contribution in [0.15, 0.2) is 27.6 Å². The molecule has 0 aliphatic rings. The van der Waals surface area contributed by atoms with Gasteiger partial charge in [-0.2, -0.15) is 0 Å². The molecule has 1 N–H and O–H groups in total. The number of rotatable bonds is 6. The first-order chi connectivity index (χ1) is 8.31. The number of thiazole rings is 1. The van der Waals surface area contributed by atoms with Crippen LogP contribution < -0.4 is 5.32 Å². The highest BCUT2D eigenvalue weighted by atomic mass is 79.9. The molecule has 0 spiro atoms. The van der Waals surface area contributed by atoms with Gasteiger partial charge in [-0.1, -0.05) is 6.92 Å². The minimum absolute atomic E-state index is 0.386. The summed E-state index contributed by atoms with van der Waals surface area (Å²) in [6.07, 6.45) is 4.15. The molecule has 2 rings (SSSR count). The smallest absolute Gasteiger partial charge is 0.0794 e. The molecule has 92 valence electrons. The Morgan fingerprint density at radius 1 is 1.47 bits per heavy atom. The van der Waals surface area contributed by atoms with Crippen molar-refractivity contribution in [1.29, 1.82) is 0 Å². The van der Waals surface area contributed by atoms with Crippen LogP contribution in [0.1, 0.15) is 29.1 Å². The highest BCUT2D eigenvalue weighted by molar-refractivity contribution is 9.10. The Labute approximate surface area is 118 Å². The molecular weight excluding hydrogens is 316 g/mol. The van der Waals surface area contributed by atoms with Gasteiger partial charge in [-0.05, 0) is 40.3 Å². The second kappa shape index (κ2) is 6.64. The van der Waals surface area contributed by atoms with Crippen molar-refractivity contribution < 1.29 is 0 Å². The molecule has 1 atom stereocenters. The third-order valence-electron chi connectivity index (χ3n) is 2.52. The van der Waals surface area contributed by atoms with Crippen LogP contribution in [0.2, 0.25) is 0 Å². The molecule has 0 radical (unpaired) electrons. The molecule has 2 nitrogen and oxygen atoms in total.